The Balaban J connectivity index is 1.27. The number of pyridine rings is 1. The lowest BCUT2D eigenvalue weighted by Gasteiger charge is -2.39. The number of nitrogens with one attached hydrogen (secondary N) is 2. The van der Waals surface area contributed by atoms with Crippen molar-refractivity contribution in [2.75, 3.05) is 19.6 Å². The van der Waals surface area contributed by atoms with Crippen LogP contribution in [0, 0.1) is 17.6 Å². The Hall–Kier alpha value is -3.13. The van der Waals surface area contributed by atoms with E-state index in [-0.39, 0.29) is 5.91 Å². The first-order valence-electron chi connectivity index (χ1n) is 8.98. The zero-order valence-electron chi connectivity index (χ0n) is 15.0. The molecule has 1 amide bonds. The van der Waals surface area contributed by atoms with E-state index < -0.39 is 11.6 Å². The fourth-order valence-corrected chi connectivity index (χ4v) is 3.35. The van der Waals surface area contributed by atoms with E-state index in [4.69, 9.17) is 0 Å². The number of halogens is 2. The second-order valence-electron chi connectivity index (χ2n) is 6.92. The molecule has 0 aliphatic carbocycles. The van der Waals surface area contributed by atoms with E-state index in [1.807, 2.05) is 6.07 Å². The van der Waals surface area contributed by atoms with Gasteiger partial charge in [-0.25, -0.2) is 8.78 Å². The molecule has 1 aliphatic heterocycles. The average Bonchev–Trinajstić information content (AvgIpc) is 3.16. The maximum atomic E-state index is 13.3. The molecule has 1 aromatic carbocycles. The number of benzene rings is 1. The van der Waals surface area contributed by atoms with E-state index in [1.54, 1.807) is 24.5 Å². The van der Waals surface area contributed by atoms with Gasteiger partial charge in [-0.15, -0.1) is 0 Å². The van der Waals surface area contributed by atoms with Crippen LogP contribution in [0.2, 0.25) is 0 Å². The van der Waals surface area contributed by atoms with Crippen molar-refractivity contribution in [2.45, 2.75) is 6.54 Å². The highest BCUT2D eigenvalue weighted by Crippen LogP contribution is 2.21. The summed E-state index contributed by atoms with van der Waals surface area (Å²) in [6.45, 7) is 2.69. The second-order valence-corrected chi connectivity index (χ2v) is 6.92. The van der Waals surface area contributed by atoms with E-state index in [0.717, 1.165) is 30.3 Å². The zero-order valence-corrected chi connectivity index (χ0v) is 15.0. The Morgan fingerprint density at radius 3 is 2.82 bits per heavy atom. The quantitative estimate of drug-likeness (QED) is 0.686. The van der Waals surface area contributed by atoms with Gasteiger partial charge in [0.2, 0.25) is 0 Å². The summed E-state index contributed by atoms with van der Waals surface area (Å²) in [6, 6.07) is 7.62. The topological polar surface area (TPSA) is 73.9 Å². The number of rotatable bonds is 6. The van der Waals surface area contributed by atoms with Crippen molar-refractivity contribution in [3.05, 3.63) is 71.7 Å². The Labute approximate surface area is 160 Å². The van der Waals surface area contributed by atoms with Gasteiger partial charge in [-0.2, -0.15) is 5.10 Å². The second kappa shape index (κ2) is 7.85. The maximum Gasteiger partial charge on any atom is 0.255 e. The predicted octanol–water partition coefficient (Wildman–Crippen LogP) is 2.61. The Bertz CT molecular complexity index is 970. The smallest absolute Gasteiger partial charge is 0.255 e. The fraction of sp³-hybridized carbons (Fsp3) is 0.250. The van der Waals surface area contributed by atoms with Gasteiger partial charge in [0.1, 0.15) is 0 Å². The summed E-state index contributed by atoms with van der Waals surface area (Å²) in [5.74, 6) is -1.53. The number of H-pyrrole nitrogens is 1. The van der Waals surface area contributed by atoms with Crippen LogP contribution in [0.4, 0.5) is 8.78 Å². The molecule has 2 N–H and O–H groups in total. The fourth-order valence-electron chi connectivity index (χ4n) is 3.35. The summed E-state index contributed by atoms with van der Waals surface area (Å²) in [7, 11) is 0. The number of hydrogen-bond acceptors (Lipinski definition) is 4. The molecule has 1 fully saturated rings. The number of aromatic amines is 1. The normalized spacial score (nSPS) is 14.6. The molecule has 1 saturated heterocycles. The molecule has 4 rings (SSSR count). The summed E-state index contributed by atoms with van der Waals surface area (Å²) in [5.41, 5.74) is 2.65. The van der Waals surface area contributed by atoms with Gasteiger partial charge >= 0.3 is 0 Å². The molecule has 0 saturated carbocycles. The molecule has 8 heteroatoms. The van der Waals surface area contributed by atoms with Crippen LogP contribution in [0.5, 0.6) is 0 Å². The monoisotopic (exact) mass is 383 g/mol. The van der Waals surface area contributed by atoms with Crippen molar-refractivity contribution in [1.82, 2.24) is 25.4 Å². The molecule has 0 bridgehead atoms. The van der Waals surface area contributed by atoms with Crippen molar-refractivity contribution >= 4 is 5.91 Å². The van der Waals surface area contributed by atoms with Gasteiger partial charge in [0.05, 0.1) is 17.5 Å². The zero-order chi connectivity index (χ0) is 19.5. The average molecular weight is 383 g/mol. The molecule has 144 valence electrons. The van der Waals surface area contributed by atoms with Crippen molar-refractivity contribution in [1.29, 1.82) is 0 Å². The number of hydrogen-bond donors (Lipinski definition) is 2. The molecule has 2 aromatic heterocycles. The minimum absolute atomic E-state index is 0.188. The van der Waals surface area contributed by atoms with Crippen LogP contribution in [0.1, 0.15) is 15.9 Å². The number of carbonyl (C=O) groups excluding carboxylic acids is 1. The van der Waals surface area contributed by atoms with Crippen LogP contribution in [0.25, 0.3) is 11.3 Å². The summed E-state index contributed by atoms with van der Waals surface area (Å²) in [6.07, 6.45) is 4.85. The van der Waals surface area contributed by atoms with E-state index in [2.05, 4.69) is 25.4 Å². The Kier molecular flexibility index (Phi) is 5.12. The number of aromatic nitrogens is 3. The van der Waals surface area contributed by atoms with Crippen LogP contribution in [0.15, 0.2) is 48.9 Å². The van der Waals surface area contributed by atoms with Gasteiger partial charge in [0, 0.05) is 50.1 Å². The van der Waals surface area contributed by atoms with Gasteiger partial charge in [-0.1, -0.05) is 6.07 Å². The molecule has 6 nitrogen and oxygen atoms in total. The lowest BCUT2D eigenvalue weighted by molar-refractivity contribution is 0.0798. The van der Waals surface area contributed by atoms with Gasteiger partial charge in [0.15, 0.2) is 11.6 Å². The summed E-state index contributed by atoms with van der Waals surface area (Å²) in [5, 5.41) is 9.76. The van der Waals surface area contributed by atoms with Crippen molar-refractivity contribution in [3.8, 4) is 11.3 Å². The number of carbonyl (C=O) groups is 1. The molecular weight excluding hydrogens is 364 g/mol. The Morgan fingerprint density at radius 2 is 2.07 bits per heavy atom. The van der Waals surface area contributed by atoms with Gasteiger partial charge < -0.3 is 5.32 Å². The molecular formula is C20H19F2N5O. The molecule has 0 atom stereocenters. The third kappa shape index (κ3) is 3.91. The Morgan fingerprint density at radius 1 is 1.21 bits per heavy atom. The highest BCUT2D eigenvalue weighted by molar-refractivity contribution is 5.99. The van der Waals surface area contributed by atoms with Crippen LogP contribution >= 0.6 is 0 Å². The van der Waals surface area contributed by atoms with Crippen molar-refractivity contribution < 1.29 is 13.6 Å². The molecule has 0 spiro atoms. The number of nitrogens with zero attached hydrogens (tertiary/aromatic N) is 3. The molecule has 0 radical (unpaired) electrons. The summed E-state index contributed by atoms with van der Waals surface area (Å²) < 4.78 is 26.3. The lowest BCUT2D eigenvalue weighted by atomic mass is 9.99. The molecule has 3 heterocycles. The van der Waals surface area contributed by atoms with Crippen LogP contribution in [0.3, 0.4) is 0 Å². The lowest BCUT2D eigenvalue weighted by Crippen LogP contribution is -2.50. The first-order chi connectivity index (χ1) is 13.6. The van der Waals surface area contributed by atoms with Crippen molar-refractivity contribution in [2.24, 2.45) is 5.92 Å². The summed E-state index contributed by atoms with van der Waals surface area (Å²) >= 11 is 0. The van der Waals surface area contributed by atoms with Gasteiger partial charge in [0.25, 0.3) is 5.91 Å². The van der Waals surface area contributed by atoms with Gasteiger partial charge in [-0.05, 0) is 29.8 Å². The third-order valence-electron chi connectivity index (χ3n) is 4.81. The maximum absolute atomic E-state index is 13.3. The van der Waals surface area contributed by atoms with Gasteiger partial charge in [-0.3, -0.25) is 19.8 Å². The molecule has 1 aliphatic rings. The van der Waals surface area contributed by atoms with E-state index >= 15 is 0 Å². The summed E-state index contributed by atoms with van der Waals surface area (Å²) in [4.78, 5) is 18.7. The first-order valence-corrected chi connectivity index (χ1v) is 8.98. The predicted molar refractivity (Wildman–Crippen MR) is 99.3 cm³/mol. The highest BCUT2D eigenvalue weighted by Gasteiger charge is 2.27. The molecule has 0 unspecified atom stereocenters. The minimum Gasteiger partial charge on any atom is -0.352 e. The van der Waals surface area contributed by atoms with Crippen LogP contribution < -0.4 is 5.32 Å². The largest absolute Gasteiger partial charge is 0.352 e. The van der Waals surface area contributed by atoms with E-state index in [1.165, 1.54) is 12.3 Å². The standard InChI is InChI=1S/C20H19F2N5O/c21-17-4-3-13(6-18(17)22)10-27-11-14(12-27)7-24-20(28)16-9-25-26-19(16)15-2-1-5-23-8-15/h1-6,8-9,14H,7,10-12H2,(H,24,28)(H,25,26). The van der Waals surface area contributed by atoms with E-state index in [9.17, 15) is 13.6 Å². The minimum atomic E-state index is -0.835. The third-order valence-corrected chi connectivity index (χ3v) is 4.81. The SMILES string of the molecule is O=C(NCC1CN(Cc2ccc(F)c(F)c2)C1)c1cn[nH]c1-c1cccnc1. The number of amides is 1. The molecule has 28 heavy (non-hydrogen) atoms. The van der Waals surface area contributed by atoms with Crippen LogP contribution in [-0.2, 0) is 6.54 Å². The van der Waals surface area contributed by atoms with E-state index in [0.29, 0.717) is 30.3 Å². The molecule has 3 aromatic rings. The van der Waals surface area contributed by atoms with Crippen LogP contribution in [-0.4, -0.2) is 45.6 Å². The highest BCUT2D eigenvalue weighted by atomic mass is 19.2. The number of likely N-dealkylation sites (tertiary alicyclic amines) is 1. The van der Waals surface area contributed by atoms with Crippen molar-refractivity contribution in [3.63, 3.8) is 0 Å². The first kappa shape index (κ1) is 18.2.